The molecule has 1 aliphatic heterocycles. The zero-order valence-corrected chi connectivity index (χ0v) is 17.4. The van der Waals surface area contributed by atoms with Gasteiger partial charge in [-0.15, -0.1) is 0 Å². The zero-order chi connectivity index (χ0) is 21.5. The highest BCUT2D eigenvalue weighted by Crippen LogP contribution is 2.30. The van der Waals surface area contributed by atoms with Gasteiger partial charge in [0.15, 0.2) is 0 Å². The lowest BCUT2D eigenvalue weighted by Gasteiger charge is -2.29. The van der Waals surface area contributed by atoms with Crippen molar-refractivity contribution in [2.45, 2.75) is 45.1 Å². The van der Waals surface area contributed by atoms with Gasteiger partial charge in [-0.1, -0.05) is 6.08 Å². The van der Waals surface area contributed by atoms with Crippen molar-refractivity contribution in [2.24, 2.45) is 11.8 Å². The molecule has 3 N–H and O–H groups in total. The largest absolute Gasteiger partial charge is 0.477 e. The second-order valence-electron chi connectivity index (χ2n) is 8.20. The topological polar surface area (TPSA) is 112 Å². The van der Waals surface area contributed by atoms with Crippen LogP contribution in [-0.2, 0) is 4.79 Å². The van der Waals surface area contributed by atoms with Crippen molar-refractivity contribution in [1.82, 2.24) is 15.2 Å². The van der Waals surface area contributed by atoms with Crippen LogP contribution in [0.15, 0.2) is 24.4 Å². The van der Waals surface area contributed by atoms with E-state index < -0.39 is 12.2 Å². The lowest BCUT2D eigenvalue weighted by Crippen LogP contribution is -2.38. The molecule has 30 heavy (non-hydrogen) atoms. The number of hydrogen-bond donors (Lipinski definition) is 3. The molecule has 0 spiro atoms. The van der Waals surface area contributed by atoms with E-state index in [4.69, 9.17) is 9.84 Å². The molecule has 2 amide bonds. The number of rotatable bonds is 7. The highest BCUT2D eigenvalue weighted by atomic mass is 16.5. The number of nitrogens with one attached hydrogen (secondary N) is 1. The van der Waals surface area contributed by atoms with Gasteiger partial charge < -0.3 is 25.2 Å². The number of hydrogen-bond acceptors (Lipinski definition) is 5. The summed E-state index contributed by atoms with van der Waals surface area (Å²) < 4.78 is 5.81. The molecule has 2 unspecified atom stereocenters. The second-order valence-corrected chi connectivity index (χ2v) is 8.20. The Balaban J connectivity index is 1.44. The quantitative estimate of drug-likeness (QED) is 0.629. The fourth-order valence-electron chi connectivity index (χ4n) is 3.88. The predicted molar refractivity (Wildman–Crippen MR) is 112 cm³/mol. The number of nitrogens with zero attached hydrogens (tertiary/aromatic N) is 2. The van der Waals surface area contributed by atoms with Crippen LogP contribution in [0.5, 0.6) is 5.88 Å². The number of ether oxygens (including phenoxy) is 1. The third-order valence-corrected chi connectivity index (χ3v) is 5.81. The normalized spacial score (nSPS) is 20.9. The van der Waals surface area contributed by atoms with Gasteiger partial charge in [0, 0.05) is 37.8 Å². The number of pyridine rings is 1. The van der Waals surface area contributed by atoms with Gasteiger partial charge in [-0.05, 0) is 62.1 Å². The summed E-state index contributed by atoms with van der Waals surface area (Å²) in [4.78, 5) is 28.9. The van der Waals surface area contributed by atoms with Gasteiger partial charge in [0.05, 0.1) is 12.7 Å². The van der Waals surface area contributed by atoms with Gasteiger partial charge in [0.2, 0.25) is 11.8 Å². The summed E-state index contributed by atoms with van der Waals surface area (Å²) in [6.45, 7) is 3.60. The zero-order valence-electron chi connectivity index (χ0n) is 17.4. The average molecular weight is 418 g/mol. The van der Waals surface area contributed by atoms with Crippen molar-refractivity contribution in [2.75, 3.05) is 26.2 Å². The number of aliphatic hydroxyl groups excluding tert-OH is 1. The van der Waals surface area contributed by atoms with Crippen molar-refractivity contribution >= 4 is 17.6 Å². The van der Waals surface area contributed by atoms with Gasteiger partial charge >= 0.3 is 6.09 Å². The summed E-state index contributed by atoms with van der Waals surface area (Å²) in [6, 6.07) is 3.86. The van der Waals surface area contributed by atoms with Crippen molar-refractivity contribution in [3.8, 4) is 5.88 Å². The summed E-state index contributed by atoms with van der Waals surface area (Å²) in [7, 11) is 0. The molecule has 2 atom stereocenters. The number of aliphatic hydroxyl groups is 1. The predicted octanol–water partition coefficient (Wildman–Crippen LogP) is 2.53. The van der Waals surface area contributed by atoms with Crippen LogP contribution in [0.25, 0.3) is 5.57 Å². The molecule has 1 fully saturated rings. The minimum absolute atomic E-state index is 0.00209. The van der Waals surface area contributed by atoms with Crippen molar-refractivity contribution < 1.29 is 24.5 Å². The van der Waals surface area contributed by atoms with E-state index in [1.165, 1.54) is 10.5 Å². The molecule has 0 radical (unpaired) electrons. The Labute approximate surface area is 176 Å². The average Bonchev–Trinajstić information content (AvgIpc) is 2.77. The number of carbonyl (C=O) groups excluding carboxylic acids is 1. The minimum Gasteiger partial charge on any atom is -0.477 e. The Kier molecular flexibility index (Phi) is 7.68. The first-order chi connectivity index (χ1) is 14.4. The fourth-order valence-corrected chi connectivity index (χ4v) is 3.88. The summed E-state index contributed by atoms with van der Waals surface area (Å²) in [6.07, 6.45) is 6.43. The van der Waals surface area contributed by atoms with Crippen LogP contribution >= 0.6 is 0 Å². The lowest BCUT2D eigenvalue weighted by molar-refractivity contribution is -0.125. The van der Waals surface area contributed by atoms with E-state index in [-0.39, 0.29) is 18.4 Å². The molecule has 1 saturated heterocycles. The fraction of sp³-hybridized carbons (Fsp3) is 0.591. The van der Waals surface area contributed by atoms with Gasteiger partial charge in [0.1, 0.15) is 0 Å². The van der Waals surface area contributed by atoms with E-state index in [2.05, 4.69) is 16.4 Å². The number of aromatic nitrogens is 1. The third-order valence-electron chi connectivity index (χ3n) is 5.81. The summed E-state index contributed by atoms with van der Waals surface area (Å²) in [5.74, 6) is 0.879. The number of amides is 2. The van der Waals surface area contributed by atoms with Crippen LogP contribution in [0.3, 0.4) is 0 Å². The Bertz CT molecular complexity index is 755. The van der Waals surface area contributed by atoms with E-state index in [1.54, 1.807) is 6.92 Å². The van der Waals surface area contributed by atoms with E-state index >= 15 is 0 Å². The van der Waals surface area contributed by atoms with Crippen LogP contribution in [0.4, 0.5) is 4.79 Å². The van der Waals surface area contributed by atoms with Crippen molar-refractivity contribution in [1.29, 1.82) is 0 Å². The smallest absolute Gasteiger partial charge is 0.407 e. The number of likely N-dealkylation sites (tertiary alicyclic amines) is 1. The first-order valence-corrected chi connectivity index (χ1v) is 10.6. The Morgan fingerprint density at radius 1 is 1.30 bits per heavy atom. The van der Waals surface area contributed by atoms with Crippen LogP contribution in [-0.4, -0.2) is 64.4 Å². The molecule has 164 valence electrons. The maximum Gasteiger partial charge on any atom is 0.407 e. The van der Waals surface area contributed by atoms with Crippen LogP contribution < -0.4 is 10.1 Å². The third kappa shape index (κ3) is 6.19. The van der Waals surface area contributed by atoms with Gasteiger partial charge in [-0.25, -0.2) is 9.78 Å². The molecule has 8 heteroatoms. The summed E-state index contributed by atoms with van der Waals surface area (Å²) in [5.41, 5.74) is 2.23. The number of piperidine rings is 1. The van der Waals surface area contributed by atoms with E-state index in [0.717, 1.165) is 31.2 Å². The van der Waals surface area contributed by atoms with Gasteiger partial charge in [-0.2, -0.15) is 0 Å². The highest BCUT2D eigenvalue weighted by molar-refractivity contribution is 5.80. The molecule has 8 nitrogen and oxygen atoms in total. The Morgan fingerprint density at radius 3 is 2.63 bits per heavy atom. The highest BCUT2D eigenvalue weighted by Gasteiger charge is 2.24. The van der Waals surface area contributed by atoms with Gasteiger partial charge in [-0.3, -0.25) is 4.79 Å². The Morgan fingerprint density at radius 2 is 2.07 bits per heavy atom. The SMILES string of the molecule is CC(O)CNC(=O)C1CC=C(c2ccc(OCC3CCN(C(=O)O)CC3)nc2)CC1. The molecule has 1 aliphatic carbocycles. The number of carboxylic acid groups (broad SMARTS) is 1. The monoisotopic (exact) mass is 417 g/mol. The molecule has 1 aromatic rings. The Hall–Kier alpha value is -2.61. The maximum absolute atomic E-state index is 12.1. The lowest BCUT2D eigenvalue weighted by atomic mass is 9.86. The molecule has 0 saturated carbocycles. The summed E-state index contributed by atoms with van der Waals surface area (Å²) >= 11 is 0. The molecule has 2 heterocycles. The molecule has 1 aromatic heterocycles. The molecular weight excluding hydrogens is 386 g/mol. The van der Waals surface area contributed by atoms with E-state index in [0.29, 0.717) is 37.9 Å². The first-order valence-electron chi connectivity index (χ1n) is 10.6. The molecule has 2 aliphatic rings. The van der Waals surface area contributed by atoms with Crippen LogP contribution in [0, 0.1) is 11.8 Å². The maximum atomic E-state index is 12.1. The number of allylic oxidation sites excluding steroid dienone is 2. The molecule has 3 rings (SSSR count). The molecule has 0 bridgehead atoms. The summed E-state index contributed by atoms with van der Waals surface area (Å²) in [5, 5.41) is 21.1. The first kappa shape index (κ1) is 22.1. The minimum atomic E-state index is -0.852. The second kappa shape index (κ2) is 10.4. The van der Waals surface area contributed by atoms with E-state index in [1.807, 2.05) is 18.3 Å². The molecule has 0 aromatic carbocycles. The van der Waals surface area contributed by atoms with Crippen molar-refractivity contribution in [3.63, 3.8) is 0 Å². The standard InChI is InChI=1S/C22H31N3O5/c1-15(26)12-24-21(27)18-4-2-17(3-5-18)19-6-7-20(23-13-19)30-14-16-8-10-25(11-9-16)22(28)29/h2,6-7,13,15-16,18,26H,3-5,8-12,14H2,1H3,(H,24,27)(H,28,29). The van der Waals surface area contributed by atoms with Crippen molar-refractivity contribution in [3.05, 3.63) is 30.0 Å². The number of carbonyl (C=O) groups is 2. The van der Waals surface area contributed by atoms with Crippen LogP contribution in [0.1, 0.15) is 44.6 Å². The molecular formula is C22H31N3O5. The van der Waals surface area contributed by atoms with Crippen LogP contribution in [0.2, 0.25) is 0 Å². The van der Waals surface area contributed by atoms with Gasteiger partial charge in [0.25, 0.3) is 0 Å². The van der Waals surface area contributed by atoms with E-state index in [9.17, 15) is 14.7 Å².